The largest absolute Gasteiger partial charge is 0.598 e. The van der Waals surface area contributed by atoms with Crippen LogP contribution in [-0.2, 0) is 11.4 Å². The van der Waals surface area contributed by atoms with Crippen LogP contribution in [-0.4, -0.2) is 9.80 Å². The third-order valence-electron chi connectivity index (χ3n) is 1.71. The Labute approximate surface area is 65.8 Å². The van der Waals surface area contributed by atoms with E-state index in [0.717, 1.165) is 6.42 Å². The molecule has 0 bridgehead atoms. The van der Waals surface area contributed by atoms with Crippen molar-refractivity contribution < 1.29 is 4.55 Å². The van der Waals surface area contributed by atoms with Crippen LogP contribution in [0.25, 0.3) is 0 Å². The van der Waals surface area contributed by atoms with Crippen molar-refractivity contribution in [3.05, 3.63) is 12.7 Å². The fourth-order valence-corrected chi connectivity index (χ4v) is 1.25. The summed E-state index contributed by atoms with van der Waals surface area (Å²) in [6, 6.07) is 0. The van der Waals surface area contributed by atoms with Gasteiger partial charge in [0.05, 0.1) is 0 Å². The van der Waals surface area contributed by atoms with E-state index in [0.29, 0.717) is 5.92 Å². The van der Waals surface area contributed by atoms with E-state index in [9.17, 15) is 4.55 Å². The zero-order valence-electron chi connectivity index (χ0n) is 6.54. The quantitative estimate of drug-likeness (QED) is 0.497. The van der Waals surface area contributed by atoms with Crippen LogP contribution in [0, 0.1) is 5.92 Å². The second-order valence-electron chi connectivity index (χ2n) is 2.54. The molecule has 0 aromatic heterocycles. The van der Waals surface area contributed by atoms with Gasteiger partial charge < -0.3 is 4.55 Å². The molecule has 3 heteroatoms. The molecule has 60 valence electrons. The van der Waals surface area contributed by atoms with Gasteiger partial charge in [-0.15, -0.1) is 6.58 Å². The maximum absolute atomic E-state index is 10.7. The summed E-state index contributed by atoms with van der Waals surface area (Å²) in [5, 5.41) is 5.27. The van der Waals surface area contributed by atoms with E-state index < -0.39 is 11.4 Å². The van der Waals surface area contributed by atoms with Gasteiger partial charge in [-0.1, -0.05) is 13.0 Å². The van der Waals surface area contributed by atoms with E-state index in [1.165, 1.54) is 0 Å². The number of hydrogen-bond acceptors (Lipinski definition) is 2. The average Bonchev–Trinajstić information content (AvgIpc) is 1.87. The summed E-state index contributed by atoms with van der Waals surface area (Å²) < 4.78 is 10.7. The highest BCUT2D eigenvalue weighted by molar-refractivity contribution is 7.89. The van der Waals surface area contributed by atoms with Gasteiger partial charge in [-0.3, -0.25) is 0 Å². The van der Waals surface area contributed by atoms with Gasteiger partial charge in [0.1, 0.15) is 5.25 Å². The van der Waals surface area contributed by atoms with E-state index in [1.54, 1.807) is 0 Å². The summed E-state index contributed by atoms with van der Waals surface area (Å²) in [4.78, 5) is 0. The predicted molar refractivity (Wildman–Crippen MR) is 45.8 cm³/mol. The summed E-state index contributed by atoms with van der Waals surface area (Å²) >= 11 is -1.19. The first-order chi connectivity index (χ1) is 4.59. The zero-order valence-corrected chi connectivity index (χ0v) is 7.36. The number of rotatable bonds is 4. The highest BCUT2D eigenvalue weighted by atomic mass is 32.2. The van der Waals surface area contributed by atoms with Crippen molar-refractivity contribution in [1.82, 2.24) is 0 Å². The van der Waals surface area contributed by atoms with Gasteiger partial charge in [-0.05, 0) is 13.3 Å². The van der Waals surface area contributed by atoms with Crippen LogP contribution in [0.4, 0.5) is 0 Å². The molecular weight excluding hydrogens is 146 g/mol. The molecule has 0 rings (SSSR count). The number of allylic oxidation sites excluding steroid dienone is 1. The lowest BCUT2D eigenvalue weighted by Crippen LogP contribution is -2.31. The first-order valence-electron chi connectivity index (χ1n) is 3.35. The highest BCUT2D eigenvalue weighted by Gasteiger charge is 2.19. The van der Waals surface area contributed by atoms with Crippen molar-refractivity contribution in [1.29, 1.82) is 0 Å². The molecule has 0 heterocycles. The molecule has 0 aliphatic carbocycles. The van der Waals surface area contributed by atoms with E-state index in [1.807, 2.05) is 19.9 Å². The molecule has 0 aliphatic rings. The maximum Gasteiger partial charge on any atom is 0.135 e. The second-order valence-corrected chi connectivity index (χ2v) is 3.94. The maximum atomic E-state index is 10.7. The first-order valence-corrected chi connectivity index (χ1v) is 4.63. The molecule has 3 atom stereocenters. The van der Waals surface area contributed by atoms with E-state index in [-0.39, 0.29) is 5.25 Å². The second kappa shape index (κ2) is 4.77. The first kappa shape index (κ1) is 10.0. The Morgan fingerprint density at radius 3 is 2.50 bits per heavy atom. The smallest absolute Gasteiger partial charge is 0.135 e. The van der Waals surface area contributed by atoms with Crippen LogP contribution in [0.5, 0.6) is 0 Å². The third-order valence-corrected chi connectivity index (χ3v) is 2.90. The van der Waals surface area contributed by atoms with Crippen LogP contribution in [0.15, 0.2) is 12.7 Å². The van der Waals surface area contributed by atoms with Crippen LogP contribution >= 0.6 is 0 Å². The van der Waals surface area contributed by atoms with Gasteiger partial charge in [-0.2, -0.15) is 5.14 Å². The predicted octanol–water partition coefficient (Wildman–Crippen LogP) is 1.21. The van der Waals surface area contributed by atoms with E-state index in [2.05, 4.69) is 6.58 Å². The Hall–Kier alpha value is 0.01000. The molecule has 0 fully saturated rings. The van der Waals surface area contributed by atoms with Crippen molar-refractivity contribution >= 4 is 11.4 Å². The lowest BCUT2D eigenvalue weighted by molar-refractivity contribution is 0.525. The van der Waals surface area contributed by atoms with Crippen LogP contribution < -0.4 is 5.14 Å². The molecular formula is C7H15NOS. The number of nitrogens with two attached hydrogens (primary N) is 1. The Morgan fingerprint density at radius 1 is 1.70 bits per heavy atom. The fraction of sp³-hybridized carbons (Fsp3) is 0.714. The lowest BCUT2D eigenvalue weighted by Gasteiger charge is -2.17. The molecule has 0 radical (unpaired) electrons. The van der Waals surface area contributed by atoms with Gasteiger partial charge in [0.15, 0.2) is 0 Å². The molecule has 2 nitrogen and oxygen atoms in total. The SMILES string of the molecule is C=CC[C@H](C)[C@@H](C)[S+](N)[O-]. The van der Waals surface area contributed by atoms with Crippen molar-refractivity contribution in [3.63, 3.8) is 0 Å². The van der Waals surface area contributed by atoms with Gasteiger partial charge in [0.2, 0.25) is 0 Å². The third kappa shape index (κ3) is 3.25. The van der Waals surface area contributed by atoms with E-state index >= 15 is 0 Å². The standard InChI is InChI=1S/C7H15NOS/c1-4-5-6(2)7(3)10(8)9/h4,6-7H,1,5,8H2,2-3H3/t6-,7+,10?/m0/s1. The van der Waals surface area contributed by atoms with Crippen molar-refractivity contribution in [2.24, 2.45) is 11.1 Å². The molecule has 0 aliphatic heterocycles. The molecule has 2 N–H and O–H groups in total. The summed E-state index contributed by atoms with van der Waals surface area (Å²) in [6.07, 6.45) is 2.71. The summed E-state index contributed by atoms with van der Waals surface area (Å²) in [7, 11) is 0. The monoisotopic (exact) mass is 161 g/mol. The van der Waals surface area contributed by atoms with Crippen molar-refractivity contribution in [3.8, 4) is 0 Å². The molecule has 0 aromatic carbocycles. The van der Waals surface area contributed by atoms with Crippen LogP contribution in [0.2, 0.25) is 0 Å². The topological polar surface area (TPSA) is 49.1 Å². The highest BCUT2D eigenvalue weighted by Crippen LogP contribution is 2.13. The molecule has 0 saturated carbocycles. The zero-order chi connectivity index (χ0) is 8.15. The van der Waals surface area contributed by atoms with Crippen molar-refractivity contribution in [2.75, 3.05) is 0 Å². The Morgan fingerprint density at radius 2 is 2.20 bits per heavy atom. The minimum absolute atomic E-state index is 0.0676. The van der Waals surface area contributed by atoms with E-state index in [4.69, 9.17) is 5.14 Å². The Kier molecular flexibility index (Phi) is 4.77. The summed E-state index contributed by atoms with van der Waals surface area (Å²) in [6.45, 7) is 7.52. The minimum atomic E-state index is -1.19. The summed E-state index contributed by atoms with van der Waals surface area (Å²) in [5.41, 5.74) is 0. The van der Waals surface area contributed by atoms with Crippen LogP contribution in [0.1, 0.15) is 20.3 Å². The van der Waals surface area contributed by atoms with Gasteiger partial charge >= 0.3 is 0 Å². The Balaban J connectivity index is 3.68. The normalized spacial score (nSPS) is 19.6. The van der Waals surface area contributed by atoms with Crippen LogP contribution in [0.3, 0.4) is 0 Å². The Bertz CT molecular complexity index is 106. The van der Waals surface area contributed by atoms with Gasteiger partial charge in [0, 0.05) is 17.3 Å². The molecule has 0 amide bonds. The van der Waals surface area contributed by atoms with Gasteiger partial charge in [0.25, 0.3) is 0 Å². The average molecular weight is 161 g/mol. The molecule has 0 spiro atoms. The molecule has 10 heavy (non-hydrogen) atoms. The lowest BCUT2D eigenvalue weighted by atomic mass is 10.1. The minimum Gasteiger partial charge on any atom is -0.598 e. The molecule has 0 saturated heterocycles. The molecule has 0 aromatic rings. The molecule has 1 unspecified atom stereocenters. The fourth-order valence-electron chi connectivity index (χ4n) is 0.683. The number of hydrogen-bond donors (Lipinski definition) is 1. The summed E-state index contributed by atoms with van der Waals surface area (Å²) in [5.74, 6) is 0.364. The van der Waals surface area contributed by atoms with Crippen molar-refractivity contribution in [2.45, 2.75) is 25.5 Å². The van der Waals surface area contributed by atoms with Gasteiger partial charge in [-0.25, -0.2) is 0 Å².